The van der Waals surface area contributed by atoms with Gasteiger partial charge in [-0.15, -0.1) is 11.3 Å². The van der Waals surface area contributed by atoms with Crippen molar-refractivity contribution < 1.29 is 0 Å². The van der Waals surface area contributed by atoms with Gasteiger partial charge in [0.15, 0.2) is 5.13 Å². The van der Waals surface area contributed by atoms with Gasteiger partial charge in [-0.05, 0) is 32.1 Å². The van der Waals surface area contributed by atoms with E-state index in [0.717, 1.165) is 12.8 Å². The lowest BCUT2D eigenvalue weighted by Crippen LogP contribution is -2.55. The number of anilines is 1. The SMILES string of the molecule is CC(C)(C)c1csc(N2C3CCCC2CC(N)C3)n1. The van der Waals surface area contributed by atoms with E-state index in [-0.39, 0.29) is 5.41 Å². The molecule has 0 radical (unpaired) electrons. The van der Waals surface area contributed by atoms with Crippen LogP contribution in [0.25, 0.3) is 0 Å². The van der Waals surface area contributed by atoms with E-state index in [1.807, 2.05) is 11.3 Å². The summed E-state index contributed by atoms with van der Waals surface area (Å²) in [5, 5.41) is 3.46. The third kappa shape index (κ3) is 2.52. The highest BCUT2D eigenvalue weighted by molar-refractivity contribution is 7.13. The van der Waals surface area contributed by atoms with Crippen LogP contribution in [0.15, 0.2) is 5.38 Å². The second-order valence-electron chi connectivity index (χ2n) is 7.14. The Kier molecular flexibility index (Phi) is 3.34. The number of rotatable bonds is 1. The summed E-state index contributed by atoms with van der Waals surface area (Å²) in [4.78, 5) is 7.51. The molecule has 1 aromatic rings. The van der Waals surface area contributed by atoms with Crippen LogP contribution in [0.3, 0.4) is 0 Å². The lowest BCUT2D eigenvalue weighted by Gasteiger charge is -2.48. The number of hydrogen-bond acceptors (Lipinski definition) is 4. The van der Waals surface area contributed by atoms with E-state index in [9.17, 15) is 0 Å². The van der Waals surface area contributed by atoms with Crippen LogP contribution in [0.4, 0.5) is 5.13 Å². The Morgan fingerprint density at radius 1 is 1.26 bits per heavy atom. The number of piperidine rings is 2. The fraction of sp³-hybridized carbons (Fsp3) is 0.800. The van der Waals surface area contributed by atoms with Crippen LogP contribution < -0.4 is 10.6 Å². The van der Waals surface area contributed by atoms with Crippen molar-refractivity contribution in [3.05, 3.63) is 11.1 Å². The molecule has 2 atom stereocenters. The van der Waals surface area contributed by atoms with Crippen LogP contribution in [0.1, 0.15) is 58.6 Å². The number of thiazole rings is 1. The van der Waals surface area contributed by atoms with E-state index in [4.69, 9.17) is 10.7 Å². The smallest absolute Gasteiger partial charge is 0.186 e. The van der Waals surface area contributed by atoms with Gasteiger partial charge in [0.25, 0.3) is 0 Å². The predicted molar refractivity (Wildman–Crippen MR) is 81.9 cm³/mol. The number of hydrogen-bond donors (Lipinski definition) is 1. The summed E-state index contributed by atoms with van der Waals surface area (Å²) in [5.74, 6) is 0. The molecular formula is C15H25N3S. The molecule has 3 heterocycles. The van der Waals surface area contributed by atoms with Crippen molar-refractivity contribution in [3.63, 3.8) is 0 Å². The maximum atomic E-state index is 6.20. The molecule has 2 aliphatic rings. The zero-order valence-electron chi connectivity index (χ0n) is 12.2. The van der Waals surface area contributed by atoms with Crippen LogP contribution in [-0.4, -0.2) is 23.1 Å². The molecule has 0 spiro atoms. The van der Waals surface area contributed by atoms with Gasteiger partial charge >= 0.3 is 0 Å². The summed E-state index contributed by atoms with van der Waals surface area (Å²) >= 11 is 1.81. The third-order valence-electron chi connectivity index (χ3n) is 4.49. The minimum Gasteiger partial charge on any atom is -0.342 e. The van der Waals surface area contributed by atoms with Crippen LogP contribution >= 0.6 is 11.3 Å². The number of aromatic nitrogens is 1. The average molecular weight is 279 g/mol. The Labute approximate surface area is 120 Å². The molecule has 0 aliphatic carbocycles. The summed E-state index contributed by atoms with van der Waals surface area (Å²) in [6.45, 7) is 6.70. The van der Waals surface area contributed by atoms with Gasteiger partial charge in [-0.3, -0.25) is 0 Å². The second-order valence-corrected chi connectivity index (χ2v) is 7.98. The van der Waals surface area contributed by atoms with Crippen molar-refractivity contribution in [2.75, 3.05) is 4.90 Å². The molecular weight excluding hydrogens is 254 g/mol. The Morgan fingerprint density at radius 2 is 1.89 bits per heavy atom. The highest BCUT2D eigenvalue weighted by atomic mass is 32.1. The summed E-state index contributed by atoms with van der Waals surface area (Å²) in [6, 6.07) is 1.65. The molecule has 19 heavy (non-hydrogen) atoms. The summed E-state index contributed by atoms with van der Waals surface area (Å²) in [5.41, 5.74) is 7.57. The van der Waals surface area contributed by atoms with Gasteiger partial charge in [-0.25, -0.2) is 4.98 Å². The second kappa shape index (κ2) is 4.74. The van der Waals surface area contributed by atoms with Crippen molar-refractivity contribution in [2.45, 2.75) is 76.4 Å². The van der Waals surface area contributed by atoms with E-state index >= 15 is 0 Å². The first-order valence-electron chi connectivity index (χ1n) is 7.45. The maximum Gasteiger partial charge on any atom is 0.186 e. The molecule has 3 rings (SSSR count). The molecule has 2 N–H and O–H groups in total. The van der Waals surface area contributed by atoms with Crippen molar-refractivity contribution in [3.8, 4) is 0 Å². The molecule has 0 aromatic carbocycles. The van der Waals surface area contributed by atoms with E-state index < -0.39 is 0 Å². The maximum absolute atomic E-state index is 6.20. The minimum absolute atomic E-state index is 0.149. The van der Waals surface area contributed by atoms with E-state index in [0.29, 0.717) is 18.1 Å². The van der Waals surface area contributed by atoms with E-state index in [1.165, 1.54) is 30.1 Å². The Morgan fingerprint density at radius 3 is 2.42 bits per heavy atom. The van der Waals surface area contributed by atoms with Crippen molar-refractivity contribution >= 4 is 16.5 Å². The van der Waals surface area contributed by atoms with E-state index in [1.54, 1.807) is 0 Å². The number of nitrogens with two attached hydrogens (primary N) is 1. The predicted octanol–water partition coefficient (Wildman–Crippen LogP) is 3.29. The standard InChI is InChI=1S/C15H25N3S/c1-15(2,3)13-9-19-14(17-13)18-11-5-4-6-12(18)8-10(16)7-11/h9-12H,4-8,16H2,1-3H3. The van der Waals surface area contributed by atoms with Crippen LogP contribution in [0, 0.1) is 0 Å². The van der Waals surface area contributed by atoms with Gasteiger partial charge in [0.2, 0.25) is 0 Å². The fourth-order valence-corrected chi connectivity index (χ4v) is 4.66. The molecule has 2 aliphatic heterocycles. The molecule has 106 valence electrons. The van der Waals surface area contributed by atoms with Crippen LogP contribution in [-0.2, 0) is 5.41 Å². The minimum atomic E-state index is 0.149. The summed E-state index contributed by atoms with van der Waals surface area (Å²) < 4.78 is 0. The molecule has 3 nitrogen and oxygen atoms in total. The van der Waals surface area contributed by atoms with Gasteiger partial charge in [0.05, 0.1) is 5.69 Å². The van der Waals surface area contributed by atoms with Crippen LogP contribution in [0.2, 0.25) is 0 Å². The Bertz CT molecular complexity index is 434. The average Bonchev–Trinajstić information content (AvgIpc) is 2.76. The molecule has 0 amide bonds. The normalized spacial score (nSPS) is 31.6. The Balaban J connectivity index is 1.87. The van der Waals surface area contributed by atoms with E-state index in [2.05, 4.69) is 31.1 Å². The van der Waals surface area contributed by atoms with Gasteiger partial charge in [-0.1, -0.05) is 20.8 Å². The first-order valence-corrected chi connectivity index (χ1v) is 8.33. The first-order chi connectivity index (χ1) is 8.95. The summed E-state index contributed by atoms with van der Waals surface area (Å²) in [7, 11) is 0. The largest absolute Gasteiger partial charge is 0.342 e. The monoisotopic (exact) mass is 279 g/mol. The molecule has 2 fully saturated rings. The van der Waals surface area contributed by atoms with Crippen molar-refractivity contribution in [1.82, 2.24) is 4.98 Å². The molecule has 2 saturated heterocycles. The topological polar surface area (TPSA) is 42.1 Å². The zero-order chi connectivity index (χ0) is 13.6. The zero-order valence-corrected chi connectivity index (χ0v) is 13.0. The molecule has 0 saturated carbocycles. The molecule has 2 unspecified atom stereocenters. The number of nitrogens with zero attached hydrogens (tertiary/aromatic N) is 2. The van der Waals surface area contributed by atoms with Crippen LogP contribution in [0.5, 0.6) is 0 Å². The lowest BCUT2D eigenvalue weighted by atomic mass is 9.82. The summed E-state index contributed by atoms with van der Waals surface area (Å²) in [6.07, 6.45) is 6.21. The molecule has 4 heteroatoms. The lowest BCUT2D eigenvalue weighted by molar-refractivity contribution is 0.271. The first kappa shape index (κ1) is 13.4. The van der Waals surface area contributed by atoms with Gasteiger partial charge in [0, 0.05) is 28.9 Å². The number of fused-ring (bicyclic) bond motifs is 2. The van der Waals surface area contributed by atoms with Gasteiger partial charge in [-0.2, -0.15) is 0 Å². The van der Waals surface area contributed by atoms with Crippen molar-refractivity contribution in [2.24, 2.45) is 5.73 Å². The quantitative estimate of drug-likeness (QED) is 0.857. The van der Waals surface area contributed by atoms with Crippen molar-refractivity contribution in [1.29, 1.82) is 0 Å². The van der Waals surface area contributed by atoms with Gasteiger partial charge < -0.3 is 10.6 Å². The Hall–Kier alpha value is -0.610. The molecule has 1 aromatic heterocycles. The highest BCUT2D eigenvalue weighted by Gasteiger charge is 2.38. The fourth-order valence-electron chi connectivity index (χ4n) is 3.46. The third-order valence-corrected chi connectivity index (χ3v) is 5.35. The van der Waals surface area contributed by atoms with Gasteiger partial charge in [0.1, 0.15) is 0 Å². The molecule has 2 bridgehead atoms. The highest BCUT2D eigenvalue weighted by Crippen LogP contribution is 2.39.